The average molecular weight is 401 g/mol. The normalized spacial score (nSPS) is 12.0. The second kappa shape index (κ2) is 8.50. The van der Waals surface area contributed by atoms with Gasteiger partial charge in [-0.3, -0.25) is 14.5 Å². The van der Waals surface area contributed by atoms with Crippen LogP contribution in [0.15, 0.2) is 48.5 Å². The summed E-state index contributed by atoms with van der Waals surface area (Å²) in [6.07, 6.45) is 0.293. The number of H-pyrrole nitrogens is 1. The molecule has 140 valence electrons. The highest BCUT2D eigenvalue weighted by Gasteiger charge is 2.14. The van der Waals surface area contributed by atoms with E-state index in [-0.39, 0.29) is 11.9 Å². The molecule has 2 aromatic carbocycles. The molecule has 3 rings (SSSR count). The third-order valence-corrected chi connectivity index (χ3v) is 5.00. The van der Waals surface area contributed by atoms with E-state index in [0.29, 0.717) is 22.8 Å². The Balaban J connectivity index is 1.69. The van der Waals surface area contributed by atoms with Crippen LogP contribution in [0.2, 0.25) is 5.02 Å². The molecule has 0 unspecified atom stereocenters. The highest BCUT2D eigenvalue weighted by atomic mass is 35.5. The average Bonchev–Trinajstić information content (AvgIpc) is 3.01. The number of carbonyl (C=O) groups is 1. The van der Waals surface area contributed by atoms with Crippen molar-refractivity contribution in [3.05, 3.63) is 69.5 Å². The Kier molecular flexibility index (Phi) is 6.08. The van der Waals surface area contributed by atoms with E-state index in [9.17, 15) is 4.79 Å². The Bertz CT molecular complexity index is 1010. The molecule has 1 amide bonds. The molecule has 0 aliphatic carbocycles. The van der Waals surface area contributed by atoms with Crippen LogP contribution in [0.25, 0.3) is 11.4 Å². The predicted octanol–water partition coefficient (Wildman–Crippen LogP) is 4.84. The number of nitrogens with zero attached hydrogens (tertiary/aromatic N) is 2. The van der Waals surface area contributed by atoms with Gasteiger partial charge in [-0.25, -0.2) is 0 Å². The van der Waals surface area contributed by atoms with E-state index in [0.717, 1.165) is 22.5 Å². The molecule has 2 N–H and O–H groups in total. The van der Waals surface area contributed by atoms with E-state index < -0.39 is 0 Å². The third-order valence-electron chi connectivity index (χ3n) is 4.35. The molecular weight excluding hydrogens is 380 g/mol. The maximum atomic E-state index is 12.4. The van der Waals surface area contributed by atoms with Gasteiger partial charge >= 0.3 is 0 Å². The van der Waals surface area contributed by atoms with Crippen molar-refractivity contribution in [3.8, 4) is 11.4 Å². The molecule has 1 aromatic heterocycles. The van der Waals surface area contributed by atoms with Crippen molar-refractivity contribution in [1.29, 1.82) is 0 Å². The van der Waals surface area contributed by atoms with E-state index in [2.05, 4.69) is 15.5 Å². The maximum absolute atomic E-state index is 12.4. The van der Waals surface area contributed by atoms with Crippen molar-refractivity contribution < 1.29 is 4.79 Å². The SMILES string of the molecule is Cc1cccc(-c2n[nH]c(=S)n2CCC(=O)N[C@@H](C)c2ccccc2Cl)c1. The first-order chi connectivity index (χ1) is 13.0. The Morgan fingerprint density at radius 2 is 2.07 bits per heavy atom. The number of aromatic amines is 1. The van der Waals surface area contributed by atoms with Crippen LogP contribution in [0.1, 0.15) is 30.5 Å². The fraction of sp³-hybridized carbons (Fsp3) is 0.250. The van der Waals surface area contributed by atoms with Crippen molar-refractivity contribution >= 4 is 29.7 Å². The summed E-state index contributed by atoms with van der Waals surface area (Å²) in [5.74, 6) is 0.663. The zero-order valence-electron chi connectivity index (χ0n) is 15.2. The van der Waals surface area contributed by atoms with Crippen molar-refractivity contribution in [2.45, 2.75) is 32.9 Å². The Hall–Kier alpha value is -2.44. The van der Waals surface area contributed by atoms with Crippen LogP contribution in [0, 0.1) is 11.7 Å². The van der Waals surface area contributed by atoms with Gasteiger partial charge in [-0.1, -0.05) is 53.6 Å². The van der Waals surface area contributed by atoms with Crippen molar-refractivity contribution in [1.82, 2.24) is 20.1 Å². The van der Waals surface area contributed by atoms with E-state index in [4.69, 9.17) is 23.8 Å². The van der Waals surface area contributed by atoms with Gasteiger partial charge in [-0.2, -0.15) is 5.10 Å². The zero-order chi connectivity index (χ0) is 19.4. The summed E-state index contributed by atoms with van der Waals surface area (Å²) in [5, 5.41) is 10.8. The van der Waals surface area contributed by atoms with Gasteiger partial charge < -0.3 is 5.32 Å². The molecule has 0 aliphatic rings. The summed E-state index contributed by atoms with van der Waals surface area (Å²) in [5.41, 5.74) is 3.00. The number of aromatic nitrogens is 3. The molecule has 0 fully saturated rings. The van der Waals surface area contributed by atoms with E-state index in [1.807, 2.05) is 66.9 Å². The number of nitrogens with one attached hydrogen (secondary N) is 2. The summed E-state index contributed by atoms with van der Waals surface area (Å²) < 4.78 is 2.35. The summed E-state index contributed by atoms with van der Waals surface area (Å²) in [7, 11) is 0. The number of aryl methyl sites for hydroxylation is 1. The fourth-order valence-electron chi connectivity index (χ4n) is 2.96. The quantitative estimate of drug-likeness (QED) is 0.582. The second-order valence-corrected chi connectivity index (χ2v) is 7.23. The summed E-state index contributed by atoms with van der Waals surface area (Å²) in [6.45, 7) is 4.39. The fourth-order valence-corrected chi connectivity index (χ4v) is 3.48. The van der Waals surface area contributed by atoms with E-state index in [1.165, 1.54) is 0 Å². The van der Waals surface area contributed by atoms with Crippen LogP contribution in [0.5, 0.6) is 0 Å². The summed E-state index contributed by atoms with van der Waals surface area (Å²) in [4.78, 5) is 12.4. The number of rotatable bonds is 6. The van der Waals surface area contributed by atoms with Crippen LogP contribution < -0.4 is 5.32 Å². The minimum absolute atomic E-state index is 0.0688. The first-order valence-corrected chi connectivity index (χ1v) is 9.50. The van der Waals surface area contributed by atoms with Gasteiger partial charge in [0, 0.05) is 23.6 Å². The highest BCUT2D eigenvalue weighted by Crippen LogP contribution is 2.22. The molecule has 0 saturated carbocycles. The number of benzene rings is 2. The highest BCUT2D eigenvalue weighted by molar-refractivity contribution is 7.71. The lowest BCUT2D eigenvalue weighted by atomic mass is 10.1. The molecule has 27 heavy (non-hydrogen) atoms. The van der Waals surface area contributed by atoms with Gasteiger partial charge in [0.25, 0.3) is 0 Å². The lowest BCUT2D eigenvalue weighted by Crippen LogP contribution is -2.27. The standard InChI is InChI=1S/C20H21ClN4OS/c1-13-6-5-7-15(12-13)19-23-24-20(27)25(19)11-10-18(26)22-14(2)16-8-3-4-9-17(16)21/h3-9,12,14H,10-11H2,1-2H3,(H,22,26)(H,24,27)/t14-/m0/s1. The lowest BCUT2D eigenvalue weighted by molar-refractivity contribution is -0.121. The monoisotopic (exact) mass is 400 g/mol. The molecule has 7 heteroatoms. The van der Waals surface area contributed by atoms with E-state index >= 15 is 0 Å². The molecule has 1 atom stereocenters. The molecule has 0 radical (unpaired) electrons. The van der Waals surface area contributed by atoms with Crippen LogP contribution in [0.4, 0.5) is 0 Å². The van der Waals surface area contributed by atoms with Gasteiger partial charge in [0.15, 0.2) is 10.6 Å². The molecule has 3 aromatic rings. The Morgan fingerprint density at radius 3 is 2.81 bits per heavy atom. The lowest BCUT2D eigenvalue weighted by Gasteiger charge is -2.16. The zero-order valence-corrected chi connectivity index (χ0v) is 16.8. The molecule has 0 spiro atoms. The molecule has 1 heterocycles. The van der Waals surface area contributed by atoms with Crippen LogP contribution in [-0.4, -0.2) is 20.7 Å². The molecular formula is C20H21ClN4OS. The van der Waals surface area contributed by atoms with E-state index in [1.54, 1.807) is 0 Å². The molecule has 5 nitrogen and oxygen atoms in total. The van der Waals surface area contributed by atoms with Gasteiger partial charge in [0.05, 0.1) is 6.04 Å². The minimum atomic E-state index is -0.167. The number of amides is 1. The molecule has 0 aliphatic heterocycles. The molecule has 0 bridgehead atoms. The number of halogens is 1. The van der Waals surface area contributed by atoms with Crippen molar-refractivity contribution in [3.63, 3.8) is 0 Å². The van der Waals surface area contributed by atoms with Gasteiger partial charge in [0.2, 0.25) is 5.91 Å². The topological polar surface area (TPSA) is 62.7 Å². The van der Waals surface area contributed by atoms with Crippen LogP contribution in [-0.2, 0) is 11.3 Å². The van der Waals surface area contributed by atoms with Crippen LogP contribution >= 0.6 is 23.8 Å². The van der Waals surface area contributed by atoms with Crippen molar-refractivity contribution in [2.24, 2.45) is 0 Å². The first-order valence-electron chi connectivity index (χ1n) is 8.71. The number of hydrogen-bond donors (Lipinski definition) is 2. The van der Waals surface area contributed by atoms with Crippen molar-refractivity contribution in [2.75, 3.05) is 0 Å². The minimum Gasteiger partial charge on any atom is -0.349 e. The number of carbonyl (C=O) groups excluding carboxylic acids is 1. The van der Waals surface area contributed by atoms with Gasteiger partial charge in [-0.15, -0.1) is 0 Å². The van der Waals surface area contributed by atoms with Crippen LogP contribution in [0.3, 0.4) is 0 Å². The predicted molar refractivity (Wildman–Crippen MR) is 110 cm³/mol. The van der Waals surface area contributed by atoms with Gasteiger partial charge in [0.1, 0.15) is 0 Å². The number of hydrogen-bond acceptors (Lipinski definition) is 3. The summed E-state index contributed by atoms with van der Waals surface area (Å²) in [6, 6.07) is 15.4. The third kappa shape index (κ3) is 4.64. The first kappa shape index (κ1) is 19.3. The maximum Gasteiger partial charge on any atom is 0.222 e. The second-order valence-electron chi connectivity index (χ2n) is 6.43. The molecule has 0 saturated heterocycles. The Labute approximate surface area is 168 Å². The smallest absolute Gasteiger partial charge is 0.222 e. The summed E-state index contributed by atoms with van der Waals surface area (Å²) >= 11 is 11.5. The largest absolute Gasteiger partial charge is 0.349 e. The Morgan fingerprint density at radius 1 is 1.30 bits per heavy atom. The van der Waals surface area contributed by atoms with Gasteiger partial charge in [-0.05, 0) is 43.8 Å².